The maximum Gasteiger partial charge on any atom is 0.327 e. The van der Waals surface area contributed by atoms with Crippen molar-refractivity contribution >= 4 is 17.3 Å². The maximum atomic E-state index is 14.1. The highest BCUT2D eigenvalue weighted by Crippen LogP contribution is 2.39. The van der Waals surface area contributed by atoms with Crippen molar-refractivity contribution in [3.05, 3.63) is 106 Å². The van der Waals surface area contributed by atoms with Crippen LogP contribution in [-0.4, -0.2) is 16.2 Å². The van der Waals surface area contributed by atoms with Gasteiger partial charge in [0.2, 0.25) is 5.82 Å². The number of carbonyl (C=O) groups excluding carboxylic acids is 1. The van der Waals surface area contributed by atoms with Crippen molar-refractivity contribution < 1.29 is 13.7 Å². The first-order chi connectivity index (χ1) is 17.4. The van der Waals surface area contributed by atoms with Crippen LogP contribution in [0, 0.1) is 19.7 Å². The molecule has 1 aliphatic rings. The molecule has 0 spiro atoms. The van der Waals surface area contributed by atoms with Crippen LogP contribution in [0.3, 0.4) is 0 Å². The van der Waals surface area contributed by atoms with Crippen molar-refractivity contribution in [1.29, 1.82) is 0 Å². The van der Waals surface area contributed by atoms with Gasteiger partial charge >= 0.3 is 6.03 Å². The SMILES string of the molecule is CCc1ccc(-c2noc(C3=C(C)N(c4cccc(F)c4)C(=O)NC3c3ccc(C)c(C)c3)n2)cc1. The molecular weight excluding hydrogens is 455 g/mol. The molecule has 1 aromatic heterocycles. The van der Waals surface area contributed by atoms with E-state index in [2.05, 4.69) is 17.4 Å². The van der Waals surface area contributed by atoms with Crippen LogP contribution in [-0.2, 0) is 6.42 Å². The van der Waals surface area contributed by atoms with E-state index in [1.54, 1.807) is 12.1 Å². The zero-order valence-corrected chi connectivity index (χ0v) is 20.7. The summed E-state index contributed by atoms with van der Waals surface area (Å²) in [4.78, 5) is 19.5. The number of nitrogens with zero attached hydrogens (tertiary/aromatic N) is 3. The average Bonchev–Trinajstić information content (AvgIpc) is 3.35. The summed E-state index contributed by atoms with van der Waals surface area (Å²) >= 11 is 0. The second kappa shape index (κ2) is 9.41. The van der Waals surface area contributed by atoms with E-state index >= 15 is 0 Å². The van der Waals surface area contributed by atoms with Gasteiger partial charge in [-0.2, -0.15) is 4.98 Å². The fraction of sp³-hybridized carbons (Fsp3) is 0.207. The van der Waals surface area contributed by atoms with E-state index in [1.807, 2.05) is 63.2 Å². The predicted octanol–water partition coefficient (Wildman–Crippen LogP) is 6.76. The van der Waals surface area contributed by atoms with Crippen LogP contribution < -0.4 is 10.2 Å². The number of hydrogen-bond acceptors (Lipinski definition) is 4. The lowest BCUT2D eigenvalue weighted by molar-refractivity contribution is 0.244. The van der Waals surface area contributed by atoms with Crippen LogP contribution in [0.15, 0.2) is 77.0 Å². The van der Waals surface area contributed by atoms with Gasteiger partial charge in [0, 0.05) is 11.3 Å². The smallest absolute Gasteiger partial charge is 0.327 e. The Bertz CT molecular complexity index is 1470. The lowest BCUT2D eigenvalue weighted by Gasteiger charge is -2.35. The van der Waals surface area contributed by atoms with Gasteiger partial charge in [-0.1, -0.05) is 60.6 Å². The van der Waals surface area contributed by atoms with Crippen molar-refractivity contribution in [2.75, 3.05) is 4.90 Å². The van der Waals surface area contributed by atoms with Gasteiger partial charge in [-0.05, 0) is 67.6 Å². The fourth-order valence-corrected chi connectivity index (χ4v) is 4.48. The lowest BCUT2D eigenvalue weighted by atomic mass is 9.92. The second-order valence-electron chi connectivity index (χ2n) is 9.01. The summed E-state index contributed by atoms with van der Waals surface area (Å²) in [5, 5.41) is 7.30. The van der Waals surface area contributed by atoms with Gasteiger partial charge < -0.3 is 9.84 Å². The quantitative estimate of drug-likeness (QED) is 0.341. The predicted molar refractivity (Wildman–Crippen MR) is 138 cm³/mol. The molecule has 1 unspecified atom stereocenters. The largest absolute Gasteiger partial charge is 0.334 e. The van der Waals surface area contributed by atoms with Crippen LogP contribution in [0.5, 0.6) is 0 Å². The van der Waals surface area contributed by atoms with Crippen molar-refractivity contribution in [2.45, 2.75) is 40.2 Å². The molecule has 1 atom stereocenters. The number of rotatable bonds is 5. The molecular formula is C29H27FN4O2. The van der Waals surface area contributed by atoms with E-state index in [0.29, 0.717) is 28.7 Å². The molecule has 0 radical (unpaired) electrons. The highest BCUT2D eigenvalue weighted by Gasteiger charge is 2.36. The number of aromatic nitrogens is 2. The molecule has 1 aliphatic heterocycles. The zero-order chi connectivity index (χ0) is 25.4. The molecule has 1 N–H and O–H groups in total. The van der Waals surface area contributed by atoms with Crippen molar-refractivity contribution in [1.82, 2.24) is 15.5 Å². The van der Waals surface area contributed by atoms with E-state index in [0.717, 1.165) is 28.7 Å². The van der Waals surface area contributed by atoms with Gasteiger partial charge in [0.25, 0.3) is 5.89 Å². The van der Waals surface area contributed by atoms with Gasteiger partial charge in [-0.3, -0.25) is 4.90 Å². The van der Waals surface area contributed by atoms with E-state index in [4.69, 9.17) is 9.51 Å². The van der Waals surface area contributed by atoms with Crippen LogP contribution in [0.4, 0.5) is 14.9 Å². The Morgan fingerprint density at radius 1 is 1.00 bits per heavy atom. The lowest BCUT2D eigenvalue weighted by Crippen LogP contribution is -2.46. The van der Waals surface area contributed by atoms with E-state index < -0.39 is 11.9 Å². The van der Waals surface area contributed by atoms with Crippen molar-refractivity contribution in [2.24, 2.45) is 0 Å². The minimum absolute atomic E-state index is 0.298. The van der Waals surface area contributed by atoms with Gasteiger partial charge in [0.1, 0.15) is 5.82 Å². The Labute approximate surface area is 209 Å². The molecule has 5 rings (SSSR count). The molecule has 2 heterocycles. The first-order valence-corrected chi connectivity index (χ1v) is 11.9. The Morgan fingerprint density at radius 3 is 2.47 bits per heavy atom. The monoisotopic (exact) mass is 482 g/mol. The first-order valence-electron chi connectivity index (χ1n) is 11.9. The number of aryl methyl sites for hydroxylation is 3. The molecule has 0 saturated carbocycles. The Kier molecular flexibility index (Phi) is 6.14. The molecule has 6 nitrogen and oxygen atoms in total. The third kappa shape index (κ3) is 4.28. The van der Waals surface area contributed by atoms with Gasteiger partial charge in [0.15, 0.2) is 0 Å². The van der Waals surface area contributed by atoms with E-state index in [9.17, 15) is 9.18 Å². The Morgan fingerprint density at radius 2 is 1.78 bits per heavy atom. The van der Waals surface area contributed by atoms with Crippen LogP contribution >= 0.6 is 0 Å². The minimum atomic E-state index is -0.516. The number of hydrogen-bond donors (Lipinski definition) is 1. The molecule has 0 fully saturated rings. The normalized spacial score (nSPS) is 15.9. The van der Waals surface area contributed by atoms with Gasteiger partial charge in [-0.15, -0.1) is 0 Å². The molecule has 36 heavy (non-hydrogen) atoms. The van der Waals surface area contributed by atoms with Crippen molar-refractivity contribution in [3.63, 3.8) is 0 Å². The summed E-state index contributed by atoms with van der Waals surface area (Å²) in [6.07, 6.45) is 0.942. The zero-order valence-electron chi connectivity index (χ0n) is 20.7. The summed E-state index contributed by atoms with van der Waals surface area (Å²) in [5.41, 5.74) is 6.87. The van der Waals surface area contributed by atoms with E-state index in [-0.39, 0.29) is 6.03 Å². The fourth-order valence-electron chi connectivity index (χ4n) is 4.48. The molecule has 4 aromatic rings. The number of amides is 2. The summed E-state index contributed by atoms with van der Waals surface area (Å²) in [5.74, 6) is 0.328. The molecule has 3 aromatic carbocycles. The molecule has 0 bridgehead atoms. The van der Waals surface area contributed by atoms with Crippen LogP contribution in [0.1, 0.15) is 48.0 Å². The standard InChI is InChI=1S/C29H27FN4O2/c1-5-20-10-13-21(14-11-20)27-32-28(36-33-27)25-19(4)34(24-8-6-7-23(30)16-24)29(35)31-26(25)22-12-9-17(2)18(3)15-22/h6-16,26H,5H2,1-4H3,(H,31,35). The van der Waals surface area contributed by atoms with Crippen LogP contribution in [0.25, 0.3) is 17.0 Å². The maximum absolute atomic E-state index is 14.1. The number of anilines is 1. The first kappa shape index (κ1) is 23.5. The summed E-state index contributed by atoms with van der Waals surface area (Å²) in [6, 6.07) is 19.1. The van der Waals surface area contributed by atoms with Gasteiger partial charge in [0.05, 0.1) is 17.3 Å². The molecule has 7 heteroatoms. The third-order valence-electron chi connectivity index (χ3n) is 6.69. The van der Waals surface area contributed by atoms with Crippen LogP contribution in [0.2, 0.25) is 0 Å². The number of allylic oxidation sites excluding steroid dienone is 1. The molecule has 182 valence electrons. The topological polar surface area (TPSA) is 71.3 Å². The number of nitrogens with one attached hydrogen (secondary N) is 1. The summed E-state index contributed by atoms with van der Waals surface area (Å²) < 4.78 is 19.8. The third-order valence-corrected chi connectivity index (χ3v) is 6.69. The Balaban J connectivity index is 1.65. The second-order valence-corrected chi connectivity index (χ2v) is 9.01. The number of urea groups is 1. The number of halogens is 1. The van der Waals surface area contributed by atoms with Crippen molar-refractivity contribution in [3.8, 4) is 11.4 Å². The summed E-state index contributed by atoms with van der Waals surface area (Å²) in [6.45, 7) is 7.99. The molecule has 2 amide bonds. The summed E-state index contributed by atoms with van der Waals surface area (Å²) in [7, 11) is 0. The highest BCUT2D eigenvalue weighted by atomic mass is 19.1. The number of carbonyl (C=O) groups is 1. The Hall–Kier alpha value is -4.26. The molecule has 0 saturated heterocycles. The highest BCUT2D eigenvalue weighted by molar-refractivity contribution is 6.01. The van der Waals surface area contributed by atoms with Gasteiger partial charge in [-0.25, -0.2) is 9.18 Å². The number of benzene rings is 3. The minimum Gasteiger partial charge on any atom is -0.334 e. The molecule has 0 aliphatic carbocycles. The average molecular weight is 483 g/mol. The van der Waals surface area contributed by atoms with E-state index in [1.165, 1.54) is 22.6 Å².